The van der Waals surface area contributed by atoms with Gasteiger partial charge >= 0.3 is 5.92 Å². The summed E-state index contributed by atoms with van der Waals surface area (Å²) < 4.78 is 25.7. The fourth-order valence-corrected chi connectivity index (χ4v) is 0.953. The minimum atomic E-state index is -2.96. The smallest absolute Gasteiger partial charge is 0.301 e. The minimum absolute atomic E-state index is 0.192. The van der Waals surface area contributed by atoms with E-state index in [1.165, 1.54) is 6.08 Å². The van der Waals surface area contributed by atoms with Gasteiger partial charge in [-0.2, -0.15) is 8.78 Å². The lowest BCUT2D eigenvalue weighted by atomic mass is 10.1. The van der Waals surface area contributed by atoms with Crippen LogP contribution in [0.15, 0.2) is 17.1 Å². The van der Waals surface area contributed by atoms with Crippen LogP contribution in [-0.4, -0.2) is 24.7 Å². The van der Waals surface area contributed by atoms with Crippen molar-refractivity contribution in [1.29, 1.82) is 0 Å². The molecule has 2 nitrogen and oxygen atoms in total. The predicted octanol–water partition coefficient (Wildman–Crippen LogP) is 1.23. The standard InChI is InChI=1S/C8H12F2N2/c1-6-2-3-7(12-4-6)8(9,10)5-11/h2-3,6H,4-5,11H2,1H3. The summed E-state index contributed by atoms with van der Waals surface area (Å²) in [7, 11) is 0. The van der Waals surface area contributed by atoms with E-state index in [4.69, 9.17) is 5.73 Å². The number of hydrogen-bond acceptors (Lipinski definition) is 2. The predicted molar refractivity (Wildman–Crippen MR) is 44.6 cm³/mol. The number of nitrogens with two attached hydrogens (primary N) is 1. The van der Waals surface area contributed by atoms with Crippen LogP contribution in [0.3, 0.4) is 0 Å². The van der Waals surface area contributed by atoms with E-state index in [-0.39, 0.29) is 11.6 Å². The number of nitrogens with zero attached hydrogens (tertiary/aromatic N) is 1. The fraction of sp³-hybridized carbons (Fsp3) is 0.625. The fourth-order valence-electron chi connectivity index (χ4n) is 0.953. The molecule has 1 atom stereocenters. The SMILES string of the molecule is CC1C=CC(C(F)(F)CN)=NC1. The van der Waals surface area contributed by atoms with E-state index < -0.39 is 12.5 Å². The highest BCUT2D eigenvalue weighted by Gasteiger charge is 2.33. The first kappa shape index (κ1) is 9.32. The Morgan fingerprint density at radius 1 is 1.75 bits per heavy atom. The zero-order valence-corrected chi connectivity index (χ0v) is 6.93. The quantitative estimate of drug-likeness (QED) is 0.671. The van der Waals surface area contributed by atoms with Crippen LogP contribution < -0.4 is 5.73 Å². The third-order valence-corrected chi connectivity index (χ3v) is 1.76. The Labute approximate surface area is 70.2 Å². The Bertz CT molecular complexity index is 221. The zero-order chi connectivity index (χ0) is 9.19. The molecule has 0 aromatic rings. The third-order valence-electron chi connectivity index (χ3n) is 1.76. The number of rotatable bonds is 2. The maximum atomic E-state index is 12.9. The van der Waals surface area contributed by atoms with Crippen molar-refractivity contribution in [1.82, 2.24) is 0 Å². The van der Waals surface area contributed by atoms with Crippen molar-refractivity contribution in [3.63, 3.8) is 0 Å². The molecule has 0 bridgehead atoms. The first-order chi connectivity index (χ1) is 5.56. The second-order valence-electron chi connectivity index (χ2n) is 2.97. The van der Waals surface area contributed by atoms with Crippen molar-refractivity contribution in [2.45, 2.75) is 12.8 Å². The Morgan fingerprint density at radius 2 is 2.42 bits per heavy atom. The molecule has 0 saturated carbocycles. The number of halogens is 2. The summed E-state index contributed by atoms with van der Waals surface area (Å²) in [5, 5.41) is 0. The van der Waals surface area contributed by atoms with Crippen molar-refractivity contribution in [2.24, 2.45) is 16.6 Å². The van der Waals surface area contributed by atoms with E-state index in [9.17, 15) is 8.78 Å². The Balaban J connectivity index is 2.72. The molecule has 68 valence electrons. The molecule has 0 radical (unpaired) electrons. The second-order valence-corrected chi connectivity index (χ2v) is 2.97. The highest BCUT2D eigenvalue weighted by Crippen LogP contribution is 2.18. The van der Waals surface area contributed by atoms with Crippen LogP contribution in [0.2, 0.25) is 0 Å². The molecule has 1 rings (SSSR count). The van der Waals surface area contributed by atoms with Gasteiger partial charge in [-0.15, -0.1) is 0 Å². The highest BCUT2D eigenvalue weighted by atomic mass is 19.3. The third kappa shape index (κ3) is 1.88. The van der Waals surface area contributed by atoms with Crippen molar-refractivity contribution in [3.8, 4) is 0 Å². The Morgan fingerprint density at radius 3 is 2.83 bits per heavy atom. The van der Waals surface area contributed by atoms with Crippen LogP contribution in [0.5, 0.6) is 0 Å². The summed E-state index contributed by atoms with van der Waals surface area (Å²) in [5.41, 5.74) is 4.72. The van der Waals surface area contributed by atoms with E-state index in [0.717, 1.165) is 0 Å². The zero-order valence-electron chi connectivity index (χ0n) is 6.93. The molecular weight excluding hydrogens is 162 g/mol. The largest absolute Gasteiger partial charge is 0.325 e. The summed E-state index contributed by atoms with van der Waals surface area (Å²) in [4.78, 5) is 3.75. The molecule has 1 aliphatic heterocycles. The average Bonchev–Trinajstić information content (AvgIpc) is 2.05. The van der Waals surface area contributed by atoms with Crippen LogP contribution >= 0.6 is 0 Å². The normalized spacial score (nSPS) is 24.0. The minimum Gasteiger partial charge on any atom is -0.325 e. The Kier molecular flexibility index (Phi) is 2.57. The van der Waals surface area contributed by atoms with Gasteiger partial charge in [0.1, 0.15) is 5.71 Å². The van der Waals surface area contributed by atoms with Crippen LogP contribution in [0, 0.1) is 5.92 Å². The van der Waals surface area contributed by atoms with E-state index in [1.807, 2.05) is 6.92 Å². The van der Waals surface area contributed by atoms with Gasteiger partial charge in [0.05, 0.1) is 6.54 Å². The van der Waals surface area contributed by atoms with Crippen LogP contribution in [0.4, 0.5) is 8.78 Å². The number of alkyl halides is 2. The van der Waals surface area contributed by atoms with Crippen molar-refractivity contribution in [3.05, 3.63) is 12.2 Å². The van der Waals surface area contributed by atoms with Gasteiger partial charge in [0.2, 0.25) is 0 Å². The lowest BCUT2D eigenvalue weighted by molar-refractivity contribution is 0.0885. The maximum absolute atomic E-state index is 12.9. The molecule has 1 aliphatic rings. The Hall–Kier alpha value is -0.770. The monoisotopic (exact) mass is 174 g/mol. The summed E-state index contributed by atoms with van der Waals surface area (Å²) in [6.07, 6.45) is 3.09. The molecule has 0 amide bonds. The highest BCUT2D eigenvalue weighted by molar-refractivity contribution is 6.01. The van der Waals surface area contributed by atoms with E-state index >= 15 is 0 Å². The molecule has 0 aromatic heterocycles. The van der Waals surface area contributed by atoms with E-state index in [1.54, 1.807) is 6.08 Å². The van der Waals surface area contributed by atoms with Gasteiger partial charge in [0.15, 0.2) is 0 Å². The summed E-state index contributed by atoms with van der Waals surface area (Å²) in [6.45, 7) is 1.68. The first-order valence-corrected chi connectivity index (χ1v) is 3.87. The number of hydrogen-bond donors (Lipinski definition) is 1. The molecular formula is C8H12F2N2. The van der Waals surface area contributed by atoms with Crippen molar-refractivity contribution in [2.75, 3.05) is 13.1 Å². The van der Waals surface area contributed by atoms with Gasteiger partial charge in [-0.1, -0.05) is 13.0 Å². The van der Waals surface area contributed by atoms with Gasteiger partial charge in [0, 0.05) is 6.54 Å². The lowest BCUT2D eigenvalue weighted by Gasteiger charge is -2.18. The van der Waals surface area contributed by atoms with Gasteiger partial charge in [0.25, 0.3) is 0 Å². The van der Waals surface area contributed by atoms with Crippen molar-refractivity contribution < 1.29 is 8.78 Å². The first-order valence-electron chi connectivity index (χ1n) is 3.87. The molecule has 0 fully saturated rings. The molecule has 12 heavy (non-hydrogen) atoms. The molecule has 4 heteroatoms. The topological polar surface area (TPSA) is 38.4 Å². The molecule has 0 spiro atoms. The number of aliphatic imine (C=N–C) groups is 1. The number of dihydropyridines is 1. The molecule has 2 N–H and O–H groups in total. The summed E-state index contributed by atoms with van der Waals surface area (Å²) >= 11 is 0. The van der Waals surface area contributed by atoms with Gasteiger partial charge in [-0.3, -0.25) is 4.99 Å². The summed E-state index contributed by atoms with van der Waals surface area (Å²) in [6, 6.07) is 0. The molecule has 0 saturated heterocycles. The molecule has 0 aromatic carbocycles. The molecule has 0 aliphatic carbocycles. The van der Waals surface area contributed by atoms with Gasteiger partial charge in [-0.05, 0) is 12.0 Å². The van der Waals surface area contributed by atoms with Crippen LogP contribution in [-0.2, 0) is 0 Å². The van der Waals surface area contributed by atoms with Crippen LogP contribution in [0.25, 0.3) is 0 Å². The molecule has 1 heterocycles. The summed E-state index contributed by atoms with van der Waals surface area (Å²) in [5.74, 6) is -2.71. The van der Waals surface area contributed by atoms with E-state index in [2.05, 4.69) is 4.99 Å². The average molecular weight is 174 g/mol. The van der Waals surface area contributed by atoms with Gasteiger partial charge in [-0.25, -0.2) is 0 Å². The van der Waals surface area contributed by atoms with Crippen LogP contribution in [0.1, 0.15) is 6.92 Å². The van der Waals surface area contributed by atoms with E-state index in [0.29, 0.717) is 6.54 Å². The van der Waals surface area contributed by atoms with Gasteiger partial charge < -0.3 is 5.73 Å². The number of allylic oxidation sites excluding steroid dienone is 1. The molecule has 1 unspecified atom stereocenters. The lowest BCUT2D eigenvalue weighted by Crippen LogP contribution is -2.37. The second kappa shape index (κ2) is 3.31. The maximum Gasteiger partial charge on any atom is 0.301 e. The van der Waals surface area contributed by atoms with Crippen molar-refractivity contribution >= 4 is 5.71 Å².